The molecule has 0 saturated carbocycles. The summed E-state index contributed by atoms with van der Waals surface area (Å²) in [5.41, 5.74) is 0.488. The molecule has 0 aliphatic heterocycles. The zero-order chi connectivity index (χ0) is 26.4. The maximum atomic E-state index is 11.1. The number of esters is 2. The molecule has 0 N–H and O–H groups in total. The maximum Gasteiger partial charge on any atom is 0.333 e. The van der Waals surface area contributed by atoms with Crippen molar-refractivity contribution >= 4 is 11.9 Å². The van der Waals surface area contributed by atoms with Crippen molar-refractivity contribution in [3.05, 3.63) is 24.8 Å². The van der Waals surface area contributed by atoms with E-state index in [1.54, 1.807) is 6.92 Å². The molecule has 206 valence electrons. The molecule has 4 heteroatoms. The minimum absolute atomic E-state index is 0.258. The van der Waals surface area contributed by atoms with Crippen LogP contribution in [0.25, 0.3) is 0 Å². The summed E-state index contributed by atoms with van der Waals surface area (Å²) in [6.45, 7) is 14.2. The maximum absolute atomic E-state index is 11.1. The molecule has 0 aromatic rings. The first kappa shape index (κ1) is 35.6. The second-order valence-electron chi connectivity index (χ2n) is 9.65. The molecule has 0 rings (SSSR count). The van der Waals surface area contributed by atoms with Gasteiger partial charge in [-0.05, 0) is 19.8 Å². The zero-order valence-corrected chi connectivity index (χ0v) is 23.7. The Kier molecular flexibility index (Phi) is 31.0. The van der Waals surface area contributed by atoms with Crippen molar-refractivity contribution in [1.29, 1.82) is 0 Å². The van der Waals surface area contributed by atoms with Crippen molar-refractivity contribution in [2.24, 2.45) is 0 Å². The summed E-state index contributed by atoms with van der Waals surface area (Å²) in [7, 11) is 0. The van der Waals surface area contributed by atoms with E-state index in [9.17, 15) is 9.59 Å². The summed E-state index contributed by atoms with van der Waals surface area (Å²) in [5.74, 6) is -0.563. The van der Waals surface area contributed by atoms with Crippen molar-refractivity contribution in [2.45, 2.75) is 149 Å². The summed E-state index contributed by atoms with van der Waals surface area (Å²) >= 11 is 0. The fraction of sp³-hybridized carbons (Fsp3) is 0.806. The third-order valence-electron chi connectivity index (χ3n) is 5.99. The second-order valence-corrected chi connectivity index (χ2v) is 9.65. The van der Waals surface area contributed by atoms with Gasteiger partial charge in [0.1, 0.15) is 0 Å². The van der Waals surface area contributed by atoms with E-state index in [1.807, 2.05) is 0 Å². The van der Waals surface area contributed by atoms with Crippen molar-refractivity contribution < 1.29 is 19.1 Å². The van der Waals surface area contributed by atoms with Crippen LogP contribution >= 0.6 is 0 Å². The summed E-state index contributed by atoms with van der Waals surface area (Å²) < 4.78 is 9.94. The Morgan fingerprint density at radius 1 is 0.571 bits per heavy atom. The van der Waals surface area contributed by atoms with Crippen LogP contribution in [0.2, 0.25) is 0 Å². The number of carbonyl (C=O) groups is 2. The van der Waals surface area contributed by atoms with Gasteiger partial charge in [-0.25, -0.2) is 9.59 Å². The Labute approximate surface area is 218 Å². The molecule has 0 aromatic heterocycles. The number of ether oxygens (including phenoxy) is 2. The molecule has 0 heterocycles. The number of hydrogen-bond acceptors (Lipinski definition) is 4. The van der Waals surface area contributed by atoms with Crippen LogP contribution in [0.5, 0.6) is 0 Å². The van der Waals surface area contributed by atoms with Crippen molar-refractivity contribution in [3.63, 3.8) is 0 Å². The molecule has 0 atom stereocenters. The molecule has 35 heavy (non-hydrogen) atoms. The van der Waals surface area contributed by atoms with Gasteiger partial charge in [0.05, 0.1) is 13.2 Å². The molecule has 0 saturated heterocycles. The molecule has 0 aliphatic rings. The minimum atomic E-state index is -0.305. The topological polar surface area (TPSA) is 52.6 Å². The van der Waals surface area contributed by atoms with E-state index in [0.29, 0.717) is 18.8 Å². The summed E-state index contributed by atoms with van der Waals surface area (Å²) in [6, 6.07) is 0. The Morgan fingerprint density at radius 2 is 0.886 bits per heavy atom. The lowest BCUT2D eigenvalue weighted by molar-refractivity contribution is -0.139. The van der Waals surface area contributed by atoms with Crippen molar-refractivity contribution in [3.8, 4) is 0 Å². The number of hydrogen-bond donors (Lipinski definition) is 0. The van der Waals surface area contributed by atoms with E-state index in [-0.39, 0.29) is 11.9 Å². The van der Waals surface area contributed by atoms with Gasteiger partial charge in [0.2, 0.25) is 0 Å². The van der Waals surface area contributed by atoms with Crippen LogP contribution in [0, 0.1) is 0 Å². The average Bonchev–Trinajstić information content (AvgIpc) is 2.85. The Hall–Kier alpha value is -1.58. The Balaban J connectivity index is 0. The monoisotopic (exact) mass is 494 g/mol. The van der Waals surface area contributed by atoms with Crippen molar-refractivity contribution in [1.82, 2.24) is 0 Å². The van der Waals surface area contributed by atoms with Crippen molar-refractivity contribution in [2.75, 3.05) is 13.2 Å². The fourth-order valence-electron chi connectivity index (χ4n) is 3.70. The van der Waals surface area contributed by atoms with Gasteiger partial charge in [0.15, 0.2) is 0 Å². The van der Waals surface area contributed by atoms with E-state index in [4.69, 9.17) is 9.47 Å². The summed E-state index contributed by atoms with van der Waals surface area (Å²) in [4.78, 5) is 21.8. The molecule has 0 bridgehead atoms. The lowest BCUT2D eigenvalue weighted by atomic mass is 10.1. The molecular weight excluding hydrogens is 436 g/mol. The van der Waals surface area contributed by atoms with Gasteiger partial charge >= 0.3 is 11.9 Å². The fourth-order valence-corrected chi connectivity index (χ4v) is 3.70. The van der Waals surface area contributed by atoms with Gasteiger partial charge in [-0.15, -0.1) is 0 Å². The predicted molar refractivity (Wildman–Crippen MR) is 151 cm³/mol. The third kappa shape index (κ3) is 32.4. The molecule has 0 radical (unpaired) electrons. The van der Waals surface area contributed by atoms with Gasteiger partial charge in [-0.3, -0.25) is 0 Å². The number of carbonyl (C=O) groups excluding carboxylic acids is 2. The van der Waals surface area contributed by atoms with Crippen LogP contribution in [-0.2, 0) is 19.1 Å². The van der Waals surface area contributed by atoms with Crippen LogP contribution in [0.3, 0.4) is 0 Å². The van der Waals surface area contributed by atoms with Crippen LogP contribution in [0.15, 0.2) is 24.8 Å². The van der Waals surface area contributed by atoms with Crippen LogP contribution < -0.4 is 0 Å². The first-order chi connectivity index (χ1) is 17.0. The molecule has 4 nitrogen and oxygen atoms in total. The normalized spacial score (nSPS) is 10.3. The highest BCUT2D eigenvalue weighted by molar-refractivity contribution is 5.86. The first-order valence-electron chi connectivity index (χ1n) is 14.6. The first-order valence-corrected chi connectivity index (χ1v) is 14.6. The van der Waals surface area contributed by atoms with Gasteiger partial charge in [-0.2, -0.15) is 0 Å². The summed E-state index contributed by atoms with van der Waals surface area (Å²) in [5, 5.41) is 0. The molecule has 0 fully saturated rings. The van der Waals surface area contributed by atoms with E-state index >= 15 is 0 Å². The van der Waals surface area contributed by atoms with Gasteiger partial charge in [0, 0.05) is 11.6 Å². The van der Waals surface area contributed by atoms with E-state index < -0.39 is 0 Å². The van der Waals surface area contributed by atoms with Gasteiger partial charge < -0.3 is 9.47 Å². The van der Waals surface area contributed by atoms with E-state index in [1.165, 1.54) is 122 Å². The molecular formula is C31H58O4. The molecule has 0 spiro atoms. The van der Waals surface area contributed by atoms with Gasteiger partial charge in [0.25, 0.3) is 0 Å². The SMILES string of the molecule is C=C(C)C(=O)OCCCCCCCCCCCC.C=CC(=O)OCCCCCCCCCCCC. The molecule has 0 aromatic carbocycles. The van der Waals surface area contributed by atoms with E-state index in [0.717, 1.165) is 12.8 Å². The van der Waals surface area contributed by atoms with Crippen LogP contribution in [0.4, 0.5) is 0 Å². The molecule has 0 aliphatic carbocycles. The smallest absolute Gasteiger partial charge is 0.333 e. The standard InChI is InChI=1S/C16H30O2.C15H28O2/c1-4-5-6-7-8-9-10-11-12-13-14-18-16(17)15(2)3;1-3-5-6-7-8-9-10-11-12-13-14-17-15(16)4-2/h2,4-14H2,1,3H3;4H,2-3,5-14H2,1H3. The van der Waals surface area contributed by atoms with Crippen LogP contribution in [-0.4, -0.2) is 25.2 Å². The van der Waals surface area contributed by atoms with E-state index in [2.05, 4.69) is 27.0 Å². The highest BCUT2D eigenvalue weighted by Crippen LogP contribution is 2.11. The Bertz CT molecular complexity index is 498. The molecule has 0 amide bonds. The number of rotatable bonds is 24. The molecule has 0 unspecified atom stereocenters. The Morgan fingerprint density at radius 3 is 1.20 bits per heavy atom. The summed E-state index contributed by atoms with van der Waals surface area (Å²) in [6.07, 6.45) is 27.1. The third-order valence-corrected chi connectivity index (χ3v) is 5.99. The second kappa shape index (κ2) is 30.5. The highest BCUT2D eigenvalue weighted by atomic mass is 16.5. The number of unbranched alkanes of at least 4 members (excludes halogenated alkanes) is 18. The highest BCUT2D eigenvalue weighted by Gasteiger charge is 2.01. The predicted octanol–water partition coefficient (Wildman–Crippen LogP) is 9.66. The lowest BCUT2D eigenvalue weighted by Gasteiger charge is -2.04. The average molecular weight is 495 g/mol. The van der Waals surface area contributed by atoms with Crippen LogP contribution in [0.1, 0.15) is 149 Å². The van der Waals surface area contributed by atoms with Gasteiger partial charge in [-0.1, -0.05) is 143 Å². The largest absolute Gasteiger partial charge is 0.463 e. The lowest BCUT2D eigenvalue weighted by Crippen LogP contribution is -2.05. The zero-order valence-electron chi connectivity index (χ0n) is 23.7. The quantitative estimate of drug-likeness (QED) is 0.0761. The minimum Gasteiger partial charge on any atom is -0.463 e.